The first-order chi connectivity index (χ1) is 14.4. The van der Waals surface area contributed by atoms with Crippen LogP contribution in [0.25, 0.3) is 0 Å². The molecule has 0 fully saturated rings. The molecule has 3 aromatic rings. The van der Waals surface area contributed by atoms with Crippen LogP contribution in [0.3, 0.4) is 0 Å². The zero-order valence-corrected chi connectivity index (χ0v) is 18.3. The maximum atomic E-state index is 13.0. The van der Waals surface area contributed by atoms with Crippen molar-refractivity contribution in [2.75, 3.05) is 17.1 Å². The zero-order chi connectivity index (χ0) is 21.3. The van der Waals surface area contributed by atoms with Crippen molar-refractivity contribution in [1.29, 1.82) is 0 Å². The number of methoxy groups -OCH3 is 1. The number of anilines is 2. The van der Waals surface area contributed by atoms with Crippen molar-refractivity contribution in [3.05, 3.63) is 69.4 Å². The minimum absolute atomic E-state index is 0.0971. The molecule has 6 nitrogen and oxygen atoms in total. The lowest BCUT2D eigenvalue weighted by Gasteiger charge is -2.14. The Morgan fingerprint density at radius 2 is 1.90 bits per heavy atom. The van der Waals surface area contributed by atoms with Gasteiger partial charge in [-0.25, -0.2) is 8.42 Å². The van der Waals surface area contributed by atoms with Gasteiger partial charge in [0.1, 0.15) is 5.75 Å². The molecule has 30 heavy (non-hydrogen) atoms. The van der Waals surface area contributed by atoms with Gasteiger partial charge in [-0.15, -0.1) is 11.3 Å². The zero-order valence-electron chi connectivity index (χ0n) is 16.7. The van der Waals surface area contributed by atoms with E-state index in [1.807, 2.05) is 6.07 Å². The molecule has 1 aliphatic rings. The van der Waals surface area contributed by atoms with Crippen molar-refractivity contribution in [1.82, 2.24) is 0 Å². The van der Waals surface area contributed by atoms with E-state index in [4.69, 9.17) is 4.74 Å². The van der Waals surface area contributed by atoms with E-state index in [1.165, 1.54) is 35.0 Å². The molecule has 2 N–H and O–H groups in total. The molecule has 0 unspecified atom stereocenters. The van der Waals surface area contributed by atoms with Gasteiger partial charge in [0.15, 0.2) is 0 Å². The van der Waals surface area contributed by atoms with Crippen LogP contribution in [0.1, 0.15) is 32.1 Å². The molecule has 1 amide bonds. The third-order valence-corrected chi connectivity index (χ3v) is 7.80. The monoisotopic (exact) mass is 442 g/mol. The normalized spacial score (nSPS) is 13.0. The third-order valence-electron chi connectivity index (χ3n) is 5.06. The second kappa shape index (κ2) is 8.12. The Morgan fingerprint density at radius 1 is 1.10 bits per heavy atom. The highest BCUT2D eigenvalue weighted by Crippen LogP contribution is 2.32. The summed E-state index contributed by atoms with van der Waals surface area (Å²) in [5.74, 6) is 0.202. The number of carbonyl (C=O) groups excluding carboxylic acids is 1. The maximum absolute atomic E-state index is 13.0. The predicted molar refractivity (Wildman–Crippen MR) is 119 cm³/mol. The Morgan fingerprint density at radius 3 is 2.67 bits per heavy atom. The highest BCUT2D eigenvalue weighted by atomic mass is 32.2. The summed E-state index contributed by atoms with van der Waals surface area (Å²) in [6, 6.07) is 13.6. The van der Waals surface area contributed by atoms with Crippen LogP contribution in [0.4, 0.5) is 11.4 Å². The van der Waals surface area contributed by atoms with Crippen LogP contribution in [0.15, 0.2) is 53.4 Å². The second-order valence-electron chi connectivity index (χ2n) is 7.15. The van der Waals surface area contributed by atoms with Crippen molar-refractivity contribution >= 4 is 38.6 Å². The average molecular weight is 443 g/mol. The lowest BCUT2D eigenvalue weighted by Crippen LogP contribution is -2.16. The summed E-state index contributed by atoms with van der Waals surface area (Å²) in [6.45, 7) is 1.71. The smallest absolute Gasteiger partial charge is 0.265 e. The van der Waals surface area contributed by atoms with Crippen LogP contribution in [0, 0.1) is 6.92 Å². The van der Waals surface area contributed by atoms with Crippen LogP contribution in [0.2, 0.25) is 0 Å². The van der Waals surface area contributed by atoms with Gasteiger partial charge in [-0.1, -0.05) is 18.2 Å². The minimum Gasteiger partial charge on any atom is -0.495 e. The fourth-order valence-electron chi connectivity index (χ4n) is 3.53. The molecule has 0 bridgehead atoms. The van der Waals surface area contributed by atoms with E-state index < -0.39 is 10.0 Å². The first-order valence-electron chi connectivity index (χ1n) is 9.57. The Bertz CT molecular complexity index is 1190. The molecule has 8 heteroatoms. The van der Waals surface area contributed by atoms with Crippen molar-refractivity contribution in [3.8, 4) is 5.75 Å². The second-order valence-corrected chi connectivity index (χ2v) is 9.94. The number of aryl methyl sites for hydroxylation is 3. The molecule has 2 aromatic carbocycles. The van der Waals surface area contributed by atoms with Gasteiger partial charge in [0.2, 0.25) is 0 Å². The van der Waals surface area contributed by atoms with Gasteiger partial charge in [0.05, 0.1) is 22.6 Å². The minimum atomic E-state index is -3.88. The largest absolute Gasteiger partial charge is 0.495 e. The van der Waals surface area contributed by atoms with Crippen LogP contribution < -0.4 is 14.8 Å². The number of nitrogens with one attached hydrogen (secondary N) is 2. The Labute approximate surface area is 180 Å². The molecule has 156 valence electrons. The average Bonchev–Trinajstić information content (AvgIpc) is 3.32. The van der Waals surface area contributed by atoms with E-state index >= 15 is 0 Å². The third kappa shape index (κ3) is 4.06. The molecule has 0 aliphatic heterocycles. The van der Waals surface area contributed by atoms with Crippen molar-refractivity contribution in [2.45, 2.75) is 31.1 Å². The molecular weight excluding hydrogens is 420 g/mol. The van der Waals surface area contributed by atoms with Crippen LogP contribution >= 0.6 is 11.3 Å². The quantitative estimate of drug-likeness (QED) is 0.584. The number of ether oxygens (including phenoxy) is 1. The van der Waals surface area contributed by atoms with E-state index in [-0.39, 0.29) is 10.8 Å². The number of thiophene rings is 1. The van der Waals surface area contributed by atoms with Gasteiger partial charge < -0.3 is 10.1 Å². The van der Waals surface area contributed by atoms with E-state index in [2.05, 4.69) is 10.0 Å². The van der Waals surface area contributed by atoms with Gasteiger partial charge in [-0.3, -0.25) is 9.52 Å². The van der Waals surface area contributed by atoms with Crippen molar-refractivity contribution in [3.63, 3.8) is 0 Å². The number of carbonyl (C=O) groups is 1. The Balaban J connectivity index is 1.58. The number of sulfonamides is 1. The SMILES string of the molecule is COc1ccccc1NS(=O)(=O)c1cc(NC(=O)c2cc3c(s2)CCC3)ccc1C. The summed E-state index contributed by atoms with van der Waals surface area (Å²) in [4.78, 5) is 14.7. The molecule has 1 aromatic heterocycles. The molecule has 0 atom stereocenters. The van der Waals surface area contributed by atoms with E-state index in [0.717, 1.165) is 19.3 Å². The lowest BCUT2D eigenvalue weighted by atomic mass is 10.2. The summed E-state index contributed by atoms with van der Waals surface area (Å²) in [6.07, 6.45) is 3.18. The molecule has 1 heterocycles. The predicted octanol–water partition coefficient (Wildman–Crippen LogP) is 4.61. The van der Waals surface area contributed by atoms with Gasteiger partial charge in [0.25, 0.3) is 15.9 Å². The number of hydrogen-bond donors (Lipinski definition) is 2. The molecular formula is C22H22N2O4S2. The molecule has 0 radical (unpaired) electrons. The highest BCUT2D eigenvalue weighted by Gasteiger charge is 2.21. The summed E-state index contributed by atoms with van der Waals surface area (Å²) in [7, 11) is -2.39. The van der Waals surface area contributed by atoms with E-state index in [1.54, 1.807) is 43.3 Å². The first kappa shape index (κ1) is 20.4. The topological polar surface area (TPSA) is 84.5 Å². The van der Waals surface area contributed by atoms with E-state index in [9.17, 15) is 13.2 Å². The molecule has 4 rings (SSSR count). The maximum Gasteiger partial charge on any atom is 0.265 e. The fourth-order valence-corrected chi connectivity index (χ4v) is 6.02. The highest BCUT2D eigenvalue weighted by molar-refractivity contribution is 7.92. The number of benzene rings is 2. The van der Waals surface area contributed by atoms with Crippen LogP contribution in [0.5, 0.6) is 5.75 Å². The fraction of sp³-hybridized carbons (Fsp3) is 0.227. The van der Waals surface area contributed by atoms with Crippen molar-refractivity contribution < 1.29 is 17.9 Å². The number of amides is 1. The Kier molecular flexibility index (Phi) is 5.53. The lowest BCUT2D eigenvalue weighted by molar-refractivity contribution is 0.103. The van der Waals surface area contributed by atoms with Crippen molar-refractivity contribution in [2.24, 2.45) is 0 Å². The molecule has 0 spiro atoms. The summed E-state index contributed by atoms with van der Waals surface area (Å²) >= 11 is 1.51. The first-order valence-corrected chi connectivity index (χ1v) is 11.9. The summed E-state index contributed by atoms with van der Waals surface area (Å²) in [5.41, 5.74) is 2.60. The number of para-hydroxylation sites is 2. The van der Waals surface area contributed by atoms with Gasteiger partial charge in [0, 0.05) is 10.6 Å². The summed E-state index contributed by atoms with van der Waals surface area (Å²) < 4.78 is 33.8. The number of fused-ring (bicyclic) bond motifs is 1. The molecule has 0 saturated heterocycles. The van der Waals surface area contributed by atoms with Crippen LogP contribution in [-0.4, -0.2) is 21.4 Å². The van der Waals surface area contributed by atoms with Crippen LogP contribution in [-0.2, 0) is 22.9 Å². The van der Waals surface area contributed by atoms with Gasteiger partial charge >= 0.3 is 0 Å². The number of rotatable bonds is 6. The summed E-state index contributed by atoms with van der Waals surface area (Å²) in [5, 5.41) is 2.83. The Hall–Kier alpha value is -2.84. The van der Waals surface area contributed by atoms with E-state index in [0.29, 0.717) is 27.6 Å². The number of hydrogen-bond acceptors (Lipinski definition) is 5. The van der Waals surface area contributed by atoms with Gasteiger partial charge in [-0.2, -0.15) is 0 Å². The standard InChI is InChI=1S/C22H22N2O4S2/c1-14-10-11-16(23-22(25)20-12-15-6-5-9-19(15)29-20)13-21(14)30(26,27)24-17-7-3-4-8-18(17)28-2/h3-4,7-8,10-13,24H,5-6,9H2,1-2H3,(H,23,25). The molecule has 1 aliphatic carbocycles. The van der Waals surface area contributed by atoms with Gasteiger partial charge in [-0.05, 0) is 67.6 Å². The molecule has 0 saturated carbocycles.